The van der Waals surface area contributed by atoms with Crippen LogP contribution >= 0.6 is 0 Å². The Morgan fingerprint density at radius 3 is 2.52 bits per heavy atom. The fourth-order valence-electron chi connectivity index (χ4n) is 4.30. The van der Waals surface area contributed by atoms with Gasteiger partial charge < -0.3 is 4.90 Å². The highest BCUT2D eigenvalue weighted by molar-refractivity contribution is 5.36. The lowest BCUT2D eigenvalue weighted by atomic mass is 9.97. The molecule has 0 fully saturated rings. The average Bonchev–Trinajstić information content (AvgIpc) is 2.78. The Kier molecular flexibility index (Phi) is 8.51. The molecule has 31 heavy (non-hydrogen) atoms. The van der Waals surface area contributed by atoms with Crippen LogP contribution in [0.25, 0.3) is 0 Å². The Balaban J connectivity index is 1.80. The molecular weight excluding hydrogens is 378 g/mol. The molecule has 2 aromatic rings. The van der Waals surface area contributed by atoms with Gasteiger partial charge in [-0.15, -0.1) is 0 Å². The maximum absolute atomic E-state index is 4.63. The van der Waals surface area contributed by atoms with Crippen molar-refractivity contribution in [3.8, 4) is 0 Å². The van der Waals surface area contributed by atoms with E-state index in [1.165, 1.54) is 27.8 Å². The second kappa shape index (κ2) is 11.3. The first-order valence-corrected chi connectivity index (χ1v) is 11.7. The summed E-state index contributed by atoms with van der Waals surface area (Å²) >= 11 is 0. The standard InChI is InChI=1S/C28H39N3/c1-6-17-29-25(5)31(20-27-15-11-10-12-22(27)2)24(4)28-21-30(18-16-23(28)3)19-26-13-8-7-9-14-26/h7-15,25,29H,4,6,16-21H2,1-3,5H3. The fraction of sp³-hybridized carbons (Fsp3) is 0.429. The summed E-state index contributed by atoms with van der Waals surface area (Å²) in [5.74, 6) is 0. The molecule has 166 valence electrons. The van der Waals surface area contributed by atoms with Gasteiger partial charge in [0.2, 0.25) is 0 Å². The number of nitrogens with zero attached hydrogens (tertiary/aromatic N) is 2. The third kappa shape index (κ3) is 6.32. The number of rotatable bonds is 10. The monoisotopic (exact) mass is 417 g/mol. The van der Waals surface area contributed by atoms with E-state index in [-0.39, 0.29) is 6.17 Å². The fourth-order valence-corrected chi connectivity index (χ4v) is 4.30. The lowest BCUT2D eigenvalue weighted by molar-refractivity contribution is 0.214. The van der Waals surface area contributed by atoms with Gasteiger partial charge in [0.25, 0.3) is 0 Å². The summed E-state index contributed by atoms with van der Waals surface area (Å²) < 4.78 is 0. The van der Waals surface area contributed by atoms with Crippen LogP contribution in [0.3, 0.4) is 0 Å². The third-order valence-corrected chi connectivity index (χ3v) is 6.40. The summed E-state index contributed by atoms with van der Waals surface area (Å²) in [6.07, 6.45) is 2.47. The number of nitrogens with one attached hydrogen (secondary N) is 1. The van der Waals surface area contributed by atoms with Crippen molar-refractivity contribution in [3.63, 3.8) is 0 Å². The van der Waals surface area contributed by atoms with E-state index in [2.05, 4.69) is 104 Å². The van der Waals surface area contributed by atoms with Crippen LogP contribution in [0.15, 0.2) is 78.0 Å². The van der Waals surface area contributed by atoms with E-state index in [1.54, 1.807) is 0 Å². The molecule has 0 aromatic heterocycles. The van der Waals surface area contributed by atoms with Gasteiger partial charge in [-0.25, -0.2) is 0 Å². The molecule has 2 aromatic carbocycles. The molecule has 0 saturated carbocycles. The largest absolute Gasteiger partial charge is 0.352 e. The van der Waals surface area contributed by atoms with E-state index in [9.17, 15) is 0 Å². The third-order valence-electron chi connectivity index (χ3n) is 6.40. The molecule has 0 spiro atoms. The summed E-state index contributed by atoms with van der Waals surface area (Å²) in [5, 5.41) is 3.69. The van der Waals surface area contributed by atoms with Crippen LogP contribution in [0.2, 0.25) is 0 Å². The number of benzene rings is 2. The summed E-state index contributed by atoms with van der Waals surface area (Å²) in [6, 6.07) is 19.5. The lowest BCUT2D eigenvalue weighted by Crippen LogP contribution is -2.44. The van der Waals surface area contributed by atoms with E-state index in [0.717, 1.165) is 51.3 Å². The van der Waals surface area contributed by atoms with E-state index < -0.39 is 0 Å². The zero-order chi connectivity index (χ0) is 22.2. The van der Waals surface area contributed by atoms with Gasteiger partial charge in [-0.2, -0.15) is 0 Å². The Morgan fingerprint density at radius 2 is 1.81 bits per heavy atom. The number of aryl methyl sites for hydroxylation is 1. The summed E-state index contributed by atoms with van der Waals surface area (Å²) in [5.41, 5.74) is 8.12. The normalized spacial score (nSPS) is 15.7. The number of hydrogen-bond donors (Lipinski definition) is 1. The molecule has 1 aliphatic rings. The van der Waals surface area contributed by atoms with Crippen LogP contribution in [0, 0.1) is 6.92 Å². The number of hydrogen-bond acceptors (Lipinski definition) is 3. The van der Waals surface area contributed by atoms with Gasteiger partial charge in [-0.05, 0) is 62.4 Å². The predicted octanol–water partition coefficient (Wildman–Crippen LogP) is 5.88. The minimum Gasteiger partial charge on any atom is -0.352 e. The lowest BCUT2D eigenvalue weighted by Gasteiger charge is -2.38. The van der Waals surface area contributed by atoms with Crippen molar-refractivity contribution >= 4 is 0 Å². The SMILES string of the molecule is C=C(C1=C(C)CCN(Cc2ccccc2)C1)N(Cc1ccccc1C)C(C)NCCC. The van der Waals surface area contributed by atoms with Crippen molar-refractivity contribution in [2.45, 2.75) is 59.8 Å². The molecule has 0 amide bonds. The molecule has 1 N–H and O–H groups in total. The molecular formula is C28H39N3. The van der Waals surface area contributed by atoms with Crippen LogP contribution < -0.4 is 5.32 Å². The predicted molar refractivity (Wildman–Crippen MR) is 133 cm³/mol. The highest BCUT2D eigenvalue weighted by Gasteiger charge is 2.24. The molecule has 0 radical (unpaired) electrons. The first-order chi connectivity index (χ1) is 15.0. The smallest absolute Gasteiger partial charge is 0.0770 e. The van der Waals surface area contributed by atoms with Crippen LogP contribution in [-0.2, 0) is 13.1 Å². The van der Waals surface area contributed by atoms with Crippen molar-refractivity contribution in [2.24, 2.45) is 0 Å². The molecule has 1 heterocycles. The van der Waals surface area contributed by atoms with Crippen LogP contribution in [-0.4, -0.2) is 35.6 Å². The molecule has 1 atom stereocenters. The molecule has 3 nitrogen and oxygen atoms in total. The zero-order valence-corrected chi connectivity index (χ0v) is 19.8. The van der Waals surface area contributed by atoms with Gasteiger partial charge in [-0.3, -0.25) is 10.2 Å². The first kappa shape index (κ1) is 23.3. The Morgan fingerprint density at radius 1 is 1.10 bits per heavy atom. The average molecular weight is 418 g/mol. The molecule has 1 aliphatic heterocycles. The van der Waals surface area contributed by atoms with Gasteiger partial charge in [0.05, 0.1) is 6.17 Å². The Hall–Kier alpha value is -2.36. The maximum Gasteiger partial charge on any atom is 0.0770 e. The summed E-state index contributed by atoms with van der Waals surface area (Å²) in [7, 11) is 0. The second-order valence-electron chi connectivity index (χ2n) is 8.84. The summed E-state index contributed by atoms with van der Waals surface area (Å²) in [6.45, 7) is 18.5. The molecule has 1 unspecified atom stereocenters. The van der Waals surface area contributed by atoms with Gasteiger partial charge in [0, 0.05) is 31.9 Å². The summed E-state index contributed by atoms with van der Waals surface area (Å²) in [4.78, 5) is 5.02. The van der Waals surface area contributed by atoms with Gasteiger partial charge >= 0.3 is 0 Å². The van der Waals surface area contributed by atoms with Crippen molar-refractivity contribution in [1.82, 2.24) is 15.1 Å². The zero-order valence-electron chi connectivity index (χ0n) is 19.8. The first-order valence-electron chi connectivity index (χ1n) is 11.7. The second-order valence-corrected chi connectivity index (χ2v) is 8.84. The van der Waals surface area contributed by atoms with E-state index >= 15 is 0 Å². The molecule has 3 heteroatoms. The van der Waals surface area contributed by atoms with Gasteiger partial charge in [-0.1, -0.05) is 73.7 Å². The van der Waals surface area contributed by atoms with Gasteiger partial charge in [0.15, 0.2) is 0 Å². The van der Waals surface area contributed by atoms with Gasteiger partial charge in [0.1, 0.15) is 0 Å². The Labute approximate surface area is 189 Å². The highest BCUT2D eigenvalue weighted by Crippen LogP contribution is 2.28. The van der Waals surface area contributed by atoms with Crippen LogP contribution in [0.1, 0.15) is 50.3 Å². The molecule has 0 saturated heterocycles. The van der Waals surface area contributed by atoms with Crippen molar-refractivity contribution in [3.05, 3.63) is 94.7 Å². The Bertz CT molecular complexity index is 884. The molecule has 0 aliphatic carbocycles. The molecule has 3 rings (SSSR count). The van der Waals surface area contributed by atoms with E-state index in [1.807, 2.05) is 0 Å². The topological polar surface area (TPSA) is 18.5 Å². The molecule has 0 bridgehead atoms. The van der Waals surface area contributed by atoms with E-state index in [4.69, 9.17) is 0 Å². The minimum absolute atomic E-state index is 0.233. The maximum atomic E-state index is 4.63. The van der Waals surface area contributed by atoms with Crippen LogP contribution in [0.4, 0.5) is 0 Å². The van der Waals surface area contributed by atoms with Crippen molar-refractivity contribution in [2.75, 3.05) is 19.6 Å². The van der Waals surface area contributed by atoms with Crippen molar-refractivity contribution < 1.29 is 0 Å². The van der Waals surface area contributed by atoms with Crippen LogP contribution in [0.5, 0.6) is 0 Å². The van der Waals surface area contributed by atoms with Crippen molar-refractivity contribution in [1.29, 1.82) is 0 Å². The quantitative estimate of drug-likeness (QED) is 0.487. The highest BCUT2D eigenvalue weighted by atomic mass is 15.3. The van der Waals surface area contributed by atoms with E-state index in [0.29, 0.717) is 0 Å². The minimum atomic E-state index is 0.233.